The number of benzene rings is 2. The maximum atomic E-state index is 12.8. The molecule has 1 fully saturated rings. The van der Waals surface area contributed by atoms with Gasteiger partial charge in [0, 0.05) is 24.2 Å². The van der Waals surface area contributed by atoms with Crippen LogP contribution in [-0.4, -0.2) is 36.6 Å². The first kappa shape index (κ1) is 21.6. The van der Waals surface area contributed by atoms with Gasteiger partial charge in [0.25, 0.3) is 5.91 Å². The molecule has 166 valence electrons. The first-order valence-corrected chi connectivity index (χ1v) is 10.1. The van der Waals surface area contributed by atoms with Crippen LogP contribution in [0.1, 0.15) is 28.8 Å². The van der Waals surface area contributed by atoms with Crippen molar-refractivity contribution >= 4 is 34.3 Å². The molecule has 1 amide bonds. The zero-order valence-corrected chi connectivity index (χ0v) is 17.0. The van der Waals surface area contributed by atoms with Crippen molar-refractivity contribution in [2.24, 2.45) is 0 Å². The fraction of sp³-hybridized carbons (Fsp3) is 0.261. The number of halogens is 3. The SMILES string of the molecule is O=C(COC(=O)c1cc2ccccc2nc1N1CCCC1)Nc1ccc(C(F)(F)F)cc1. The van der Waals surface area contributed by atoms with E-state index in [2.05, 4.69) is 10.3 Å². The van der Waals surface area contributed by atoms with Crippen LogP contribution in [0.25, 0.3) is 10.9 Å². The van der Waals surface area contributed by atoms with Crippen molar-refractivity contribution in [3.8, 4) is 0 Å². The van der Waals surface area contributed by atoms with E-state index in [0.717, 1.165) is 61.1 Å². The summed E-state index contributed by atoms with van der Waals surface area (Å²) < 4.78 is 43.1. The molecule has 0 saturated carbocycles. The predicted molar refractivity (Wildman–Crippen MR) is 114 cm³/mol. The highest BCUT2D eigenvalue weighted by molar-refractivity contribution is 6.01. The molecule has 4 rings (SSSR count). The average molecular weight is 443 g/mol. The largest absolute Gasteiger partial charge is 0.452 e. The van der Waals surface area contributed by atoms with E-state index in [9.17, 15) is 22.8 Å². The van der Waals surface area contributed by atoms with E-state index in [1.165, 1.54) is 0 Å². The molecule has 32 heavy (non-hydrogen) atoms. The topological polar surface area (TPSA) is 71.5 Å². The number of anilines is 2. The summed E-state index contributed by atoms with van der Waals surface area (Å²) in [5, 5.41) is 3.19. The predicted octanol–water partition coefficient (Wildman–Crippen LogP) is 4.65. The van der Waals surface area contributed by atoms with E-state index in [0.29, 0.717) is 5.82 Å². The maximum Gasteiger partial charge on any atom is 0.416 e. The summed E-state index contributed by atoms with van der Waals surface area (Å²) in [6, 6.07) is 13.1. The minimum Gasteiger partial charge on any atom is -0.452 e. The Kier molecular flexibility index (Phi) is 5.98. The third-order valence-corrected chi connectivity index (χ3v) is 5.16. The number of hydrogen-bond acceptors (Lipinski definition) is 5. The lowest BCUT2D eigenvalue weighted by Crippen LogP contribution is -2.25. The number of ether oxygens (including phenoxy) is 1. The van der Waals surface area contributed by atoms with Gasteiger partial charge in [-0.1, -0.05) is 18.2 Å². The summed E-state index contributed by atoms with van der Waals surface area (Å²) in [5.74, 6) is -0.823. The zero-order chi connectivity index (χ0) is 22.7. The molecule has 1 aliphatic heterocycles. The molecule has 2 aromatic carbocycles. The van der Waals surface area contributed by atoms with Crippen LogP contribution >= 0.6 is 0 Å². The third kappa shape index (κ3) is 4.82. The van der Waals surface area contributed by atoms with Gasteiger partial charge in [0.15, 0.2) is 6.61 Å². The number of rotatable bonds is 5. The van der Waals surface area contributed by atoms with E-state index in [4.69, 9.17) is 4.74 Å². The van der Waals surface area contributed by atoms with Crippen LogP contribution in [0.2, 0.25) is 0 Å². The van der Waals surface area contributed by atoms with Crippen molar-refractivity contribution in [3.63, 3.8) is 0 Å². The van der Waals surface area contributed by atoms with Gasteiger partial charge in [0.05, 0.1) is 11.1 Å². The van der Waals surface area contributed by atoms with Gasteiger partial charge in [-0.3, -0.25) is 4.79 Å². The lowest BCUT2D eigenvalue weighted by molar-refractivity contribution is -0.137. The van der Waals surface area contributed by atoms with Gasteiger partial charge in [0.1, 0.15) is 11.4 Å². The van der Waals surface area contributed by atoms with E-state index in [-0.39, 0.29) is 11.3 Å². The second-order valence-corrected chi connectivity index (χ2v) is 7.45. The van der Waals surface area contributed by atoms with Crippen molar-refractivity contribution in [2.75, 3.05) is 29.9 Å². The molecule has 0 spiro atoms. The number of carbonyl (C=O) groups is 2. The number of hydrogen-bond donors (Lipinski definition) is 1. The molecular formula is C23H20F3N3O3. The van der Waals surface area contributed by atoms with Crippen molar-refractivity contribution < 1.29 is 27.5 Å². The highest BCUT2D eigenvalue weighted by Crippen LogP contribution is 2.30. The monoisotopic (exact) mass is 443 g/mol. The third-order valence-electron chi connectivity index (χ3n) is 5.16. The minimum atomic E-state index is -4.46. The van der Waals surface area contributed by atoms with Gasteiger partial charge >= 0.3 is 12.1 Å². The summed E-state index contributed by atoms with van der Waals surface area (Å²) in [6.07, 6.45) is -2.46. The first-order chi connectivity index (χ1) is 15.3. The summed E-state index contributed by atoms with van der Waals surface area (Å²) >= 11 is 0. The number of esters is 1. The summed E-state index contributed by atoms with van der Waals surface area (Å²) in [7, 11) is 0. The van der Waals surface area contributed by atoms with Crippen LogP contribution in [0.15, 0.2) is 54.6 Å². The molecule has 1 aromatic heterocycles. The molecule has 0 bridgehead atoms. The molecule has 1 aliphatic rings. The van der Waals surface area contributed by atoms with Gasteiger partial charge in [-0.25, -0.2) is 9.78 Å². The molecule has 1 saturated heterocycles. The van der Waals surface area contributed by atoms with E-state index in [1.54, 1.807) is 6.07 Å². The number of fused-ring (bicyclic) bond motifs is 1. The number of amides is 1. The lowest BCUT2D eigenvalue weighted by Gasteiger charge is -2.20. The van der Waals surface area contributed by atoms with E-state index < -0.39 is 30.2 Å². The Labute approximate surface area is 182 Å². The molecule has 6 nitrogen and oxygen atoms in total. The minimum absolute atomic E-state index is 0.171. The van der Waals surface area contributed by atoms with Crippen LogP contribution in [0.5, 0.6) is 0 Å². The highest BCUT2D eigenvalue weighted by atomic mass is 19.4. The number of nitrogens with one attached hydrogen (secondary N) is 1. The number of nitrogens with zero attached hydrogens (tertiary/aromatic N) is 2. The van der Waals surface area contributed by atoms with E-state index in [1.807, 2.05) is 29.2 Å². The van der Waals surface area contributed by atoms with E-state index >= 15 is 0 Å². The van der Waals surface area contributed by atoms with Crippen molar-refractivity contribution in [2.45, 2.75) is 19.0 Å². The van der Waals surface area contributed by atoms with Gasteiger partial charge < -0.3 is 15.0 Å². The molecule has 1 N–H and O–H groups in total. The Hall–Kier alpha value is -3.62. The Balaban J connectivity index is 1.45. The number of alkyl halides is 3. The first-order valence-electron chi connectivity index (χ1n) is 10.1. The summed E-state index contributed by atoms with van der Waals surface area (Å²) in [4.78, 5) is 31.6. The van der Waals surface area contributed by atoms with Crippen molar-refractivity contribution in [1.82, 2.24) is 4.98 Å². The zero-order valence-electron chi connectivity index (χ0n) is 17.0. The molecule has 2 heterocycles. The van der Waals surface area contributed by atoms with Gasteiger partial charge in [-0.15, -0.1) is 0 Å². The van der Waals surface area contributed by atoms with Crippen molar-refractivity contribution in [3.05, 3.63) is 65.7 Å². The van der Waals surface area contributed by atoms with Crippen LogP contribution in [0.3, 0.4) is 0 Å². The number of carbonyl (C=O) groups excluding carboxylic acids is 2. The molecule has 0 unspecified atom stereocenters. The Morgan fingerprint density at radius 2 is 1.72 bits per heavy atom. The molecule has 0 aliphatic carbocycles. The van der Waals surface area contributed by atoms with Crippen LogP contribution in [0, 0.1) is 0 Å². The molecule has 9 heteroatoms. The molecule has 0 atom stereocenters. The standard InChI is InChI=1S/C23H20F3N3O3/c24-23(25,26)16-7-9-17(10-8-16)27-20(30)14-32-22(31)18-13-15-5-1-2-6-19(15)28-21(18)29-11-3-4-12-29/h1-2,5-10,13H,3-4,11-12,14H2,(H,27,30). The number of aromatic nitrogens is 1. The molecular weight excluding hydrogens is 423 g/mol. The van der Waals surface area contributed by atoms with Crippen LogP contribution in [0.4, 0.5) is 24.7 Å². The molecule has 0 radical (unpaired) electrons. The quantitative estimate of drug-likeness (QED) is 0.582. The highest BCUT2D eigenvalue weighted by Gasteiger charge is 2.30. The Morgan fingerprint density at radius 1 is 1.03 bits per heavy atom. The fourth-order valence-electron chi connectivity index (χ4n) is 3.57. The summed E-state index contributed by atoms with van der Waals surface area (Å²) in [6.45, 7) is 0.978. The van der Waals surface area contributed by atoms with Crippen molar-refractivity contribution in [1.29, 1.82) is 0 Å². The van der Waals surface area contributed by atoms with Gasteiger partial charge in [0.2, 0.25) is 0 Å². The Morgan fingerprint density at radius 3 is 2.41 bits per heavy atom. The average Bonchev–Trinajstić information content (AvgIpc) is 3.31. The van der Waals surface area contributed by atoms with Gasteiger partial charge in [-0.05, 0) is 49.2 Å². The second-order valence-electron chi connectivity index (χ2n) is 7.45. The van der Waals surface area contributed by atoms with Crippen LogP contribution in [-0.2, 0) is 15.7 Å². The number of pyridine rings is 1. The Bertz CT molecular complexity index is 1140. The number of para-hydroxylation sites is 1. The smallest absolute Gasteiger partial charge is 0.416 e. The summed E-state index contributed by atoms with van der Waals surface area (Å²) in [5.41, 5.74) is 0.378. The van der Waals surface area contributed by atoms with Gasteiger partial charge in [-0.2, -0.15) is 13.2 Å². The van der Waals surface area contributed by atoms with Crippen LogP contribution < -0.4 is 10.2 Å². The lowest BCUT2D eigenvalue weighted by atomic mass is 10.1. The molecule has 3 aromatic rings. The second kappa shape index (κ2) is 8.86. The fourth-order valence-corrected chi connectivity index (χ4v) is 3.57. The normalized spacial score (nSPS) is 13.9. The maximum absolute atomic E-state index is 12.8.